The summed E-state index contributed by atoms with van der Waals surface area (Å²) in [6, 6.07) is 8.70. The zero-order chi connectivity index (χ0) is 16.6. The lowest BCUT2D eigenvalue weighted by molar-refractivity contribution is -0.385. The fourth-order valence-corrected chi connectivity index (χ4v) is 2.24. The number of nitrogens with one attached hydrogen (secondary N) is 2. The highest BCUT2D eigenvalue weighted by Crippen LogP contribution is 2.27. The molecule has 0 aliphatic carbocycles. The van der Waals surface area contributed by atoms with Crippen LogP contribution in [-0.4, -0.2) is 26.1 Å². The van der Waals surface area contributed by atoms with Gasteiger partial charge >= 0.3 is 5.69 Å². The Balaban J connectivity index is 1.88. The smallest absolute Gasteiger partial charge is 0.311 e. The van der Waals surface area contributed by atoms with E-state index in [0.717, 1.165) is 23.2 Å². The second kappa shape index (κ2) is 5.41. The number of anilines is 1. The molecule has 3 N–H and O–H groups in total. The van der Waals surface area contributed by atoms with Gasteiger partial charge in [0.1, 0.15) is 0 Å². The molecule has 0 spiro atoms. The molecule has 0 aliphatic heterocycles. The molecule has 8 nitrogen and oxygen atoms in total. The Kier molecular flexibility index (Phi) is 3.41. The van der Waals surface area contributed by atoms with Gasteiger partial charge in [-0.2, -0.15) is 5.10 Å². The van der Waals surface area contributed by atoms with Gasteiger partial charge in [-0.1, -0.05) is 0 Å². The number of nitro groups is 1. The van der Waals surface area contributed by atoms with Gasteiger partial charge in [-0.05, 0) is 37.3 Å². The predicted molar refractivity (Wildman–Crippen MR) is 83.5 cm³/mol. The van der Waals surface area contributed by atoms with Crippen LogP contribution >= 0.6 is 0 Å². The number of aromatic nitrogens is 2. The van der Waals surface area contributed by atoms with Gasteiger partial charge in [-0.3, -0.25) is 20.0 Å². The summed E-state index contributed by atoms with van der Waals surface area (Å²) in [6.07, 6.45) is 0. The number of hydrogen-bond donors (Lipinski definition) is 3. The molecule has 0 aliphatic rings. The first kappa shape index (κ1) is 14.5. The number of phenols is 1. The van der Waals surface area contributed by atoms with Crippen LogP contribution in [0.2, 0.25) is 0 Å². The Labute approximate surface area is 129 Å². The van der Waals surface area contributed by atoms with Crippen molar-refractivity contribution in [1.82, 2.24) is 10.2 Å². The molecule has 0 radical (unpaired) electrons. The average Bonchev–Trinajstić information content (AvgIpc) is 2.88. The number of phenolic OH excluding ortho intramolecular Hbond substituents is 1. The largest absolute Gasteiger partial charge is 0.502 e. The molecule has 23 heavy (non-hydrogen) atoms. The number of amides is 1. The van der Waals surface area contributed by atoms with E-state index in [0.29, 0.717) is 11.2 Å². The van der Waals surface area contributed by atoms with E-state index < -0.39 is 22.3 Å². The van der Waals surface area contributed by atoms with Crippen LogP contribution < -0.4 is 5.32 Å². The van der Waals surface area contributed by atoms with Crippen molar-refractivity contribution in [2.24, 2.45) is 0 Å². The number of carbonyl (C=O) groups excluding carboxylic acids is 1. The highest BCUT2D eigenvalue weighted by molar-refractivity contribution is 6.05. The number of benzene rings is 2. The molecule has 0 unspecified atom stereocenters. The first-order valence-electron chi connectivity index (χ1n) is 6.69. The number of aromatic hydroxyl groups is 1. The van der Waals surface area contributed by atoms with Gasteiger partial charge in [0, 0.05) is 28.4 Å². The minimum absolute atomic E-state index is 0.0767. The normalized spacial score (nSPS) is 10.7. The van der Waals surface area contributed by atoms with E-state index in [1.54, 1.807) is 12.1 Å². The third-order valence-electron chi connectivity index (χ3n) is 3.44. The molecule has 1 aromatic heterocycles. The number of hydrogen-bond acceptors (Lipinski definition) is 5. The summed E-state index contributed by atoms with van der Waals surface area (Å²) < 4.78 is 0. The van der Waals surface area contributed by atoms with Gasteiger partial charge in [-0.25, -0.2) is 0 Å². The minimum atomic E-state index is -0.745. The Morgan fingerprint density at radius 1 is 1.30 bits per heavy atom. The van der Waals surface area contributed by atoms with E-state index in [1.165, 1.54) is 6.07 Å². The summed E-state index contributed by atoms with van der Waals surface area (Å²) in [7, 11) is 0. The zero-order valence-corrected chi connectivity index (χ0v) is 12.0. The standard InChI is InChI=1S/C15H12N4O4/c1-8-11-4-3-10(7-12(11)18-17-8)16-15(21)9-2-5-14(20)13(6-9)19(22)23/h2-7,20H,1H3,(H,16,21)(H,17,18). The summed E-state index contributed by atoms with van der Waals surface area (Å²) in [5, 5.41) is 30.8. The van der Waals surface area contributed by atoms with Gasteiger partial charge in [0.2, 0.25) is 0 Å². The summed E-state index contributed by atoms with van der Waals surface area (Å²) in [4.78, 5) is 22.3. The number of rotatable bonds is 3. The Bertz CT molecular complexity index is 932. The molecule has 1 amide bonds. The molecule has 0 fully saturated rings. The van der Waals surface area contributed by atoms with Crippen LogP contribution in [-0.2, 0) is 0 Å². The van der Waals surface area contributed by atoms with Crippen LogP contribution in [0.3, 0.4) is 0 Å². The lowest BCUT2D eigenvalue weighted by Gasteiger charge is -2.06. The molecular weight excluding hydrogens is 300 g/mol. The van der Waals surface area contributed by atoms with E-state index >= 15 is 0 Å². The fourth-order valence-electron chi connectivity index (χ4n) is 2.24. The number of H-pyrrole nitrogens is 1. The van der Waals surface area contributed by atoms with Gasteiger partial charge in [0.15, 0.2) is 5.75 Å². The Hall–Kier alpha value is -3.42. The first-order chi connectivity index (χ1) is 11.0. The fraction of sp³-hybridized carbons (Fsp3) is 0.0667. The maximum Gasteiger partial charge on any atom is 0.311 e. The molecule has 0 atom stereocenters. The molecule has 3 rings (SSSR count). The van der Waals surface area contributed by atoms with Crippen LogP contribution in [0, 0.1) is 17.0 Å². The van der Waals surface area contributed by atoms with Gasteiger partial charge in [-0.15, -0.1) is 0 Å². The van der Waals surface area contributed by atoms with Crippen molar-refractivity contribution in [3.05, 3.63) is 57.8 Å². The van der Waals surface area contributed by atoms with Crippen molar-refractivity contribution in [2.45, 2.75) is 6.92 Å². The van der Waals surface area contributed by atoms with Crippen LogP contribution in [0.5, 0.6) is 5.75 Å². The summed E-state index contributed by atoms with van der Waals surface area (Å²) in [6.45, 7) is 1.89. The highest BCUT2D eigenvalue weighted by atomic mass is 16.6. The summed E-state index contributed by atoms with van der Waals surface area (Å²) >= 11 is 0. The molecule has 3 aromatic rings. The van der Waals surface area contributed by atoms with Crippen LogP contribution in [0.1, 0.15) is 16.1 Å². The van der Waals surface area contributed by atoms with E-state index in [2.05, 4.69) is 15.5 Å². The molecule has 0 saturated heterocycles. The second-order valence-electron chi connectivity index (χ2n) is 5.00. The van der Waals surface area contributed by atoms with E-state index in [-0.39, 0.29) is 5.56 Å². The SMILES string of the molecule is Cc1[nH]nc2cc(NC(=O)c3ccc(O)c([N+](=O)[O-])c3)ccc12. The molecule has 116 valence electrons. The van der Waals surface area contributed by atoms with Gasteiger partial charge < -0.3 is 10.4 Å². The number of nitro benzene ring substituents is 1. The maximum absolute atomic E-state index is 12.2. The van der Waals surface area contributed by atoms with Gasteiger partial charge in [0.25, 0.3) is 5.91 Å². The topological polar surface area (TPSA) is 121 Å². The van der Waals surface area contributed by atoms with E-state index in [4.69, 9.17) is 0 Å². The van der Waals surface area contributed by atoms with Crippen molar-refractivity contribution < 1.29 is 14.8 Å². The van der Waals surface area contributed by atoms with Crippen LogP contribution in [0.4, 0.5) is 11.4 Å². The molecule has 2 aromatic carbocycles. The number of nitrogens with zero attached hydrogens (tertiary/aromatic N) is 2. The third kappa shape index (κ3) is 2.69. The molecule has 0 saturated carbocycles. The van der Waals surface area contributed by atoms with E-state index in [9.17, 15) is 20.0 Å². The summed E-state index contributed by atoms with van der Waals surface area (Å²) in [5.74, 6) is -1.00. The second-order valence-corrected chi connectivity index (χ2v) is 5.00. The quantitative estimate of drug-likeness (QED) is 0.507. The summed E-state index contributed by atoms with van der Waals surface area (Å²) in [5.41, 5.74) is 1.71. The average molecular weight is 312 g/mol. The van der Waals surface area contributed by atoms with Crippen molar-refractivity contribution in [3.63, 3.8) is 0 Å². The number of aryl methyl sites for hydroxylation is 1. The Morgan fingerprint density at radius 3 is 2.83 bits per heavy atom. The lowest BCUT2D eigenvalue weighted by Crippen LogP contribution is -2.12. The first-order valence-corrected chi connectivity index (χ1v) is 6.69. The predicted octanol–water partition coefficient (Wildman–Crippen LogP) is 2.74. The number of fused-ring (bicyclic) bond motifs is 1. The zero-order valence-electron chi connectivity index (χ0n) is 12.0. The highest BCUT2D eigenvalue weighted by Gasteiger charge is 2.17. The van der Waals surface area contributed by atoms with Crippen LogP contribution in [0.15, 0.2) is 36.4 Å². The minimum Gasteiger partial charge on any atom is -0.502 e. The van der Waals surface area contributed by atoms with Crippen molar-refractivity contribution in [3.8, 4) is 5.75 Å². The Morgan fingerprint density at radius 2 is 2.09 bits per heavy atom. The molecule has 1 heterocycles. The maximum atomic E-state index is 12.2. The van der Waals surface area contributed by atoms with Crippen molar-refractivity contribution in [1.29, 1.82) is 0 Å². The molecule has 0 bridgehead atoms. The van der Waals surface area contributed by atoms with Gasteiger partial charge in [0.05, 0.1) is 10.4 Å². The van der Waals surface area contributed by atoms with E-state index in [1.807, 2.05) is 13.0 Å². The lowest BCUT2D eigenvalue weighted by atomic mass is 10.1. The van der Waals surface area contributed by atoms with Crippen molar-refractivity contribution >= 4 is 28.2 Å². The monoisotopic (exact) mass is 312 g/mol. The number of aromatic amines is 1. The van der Waals surface area contributed by atoms with Crippen molar-refractivity contribution in [2.75, 3.05) is 5.32 Å². The number of carbonyl (C=O) groups is 1. The molecular formula is C15H12N4O4. The molecule has 8 heteroatoms. The van der Waals surface area contributed by atoms with Crippen LogP contribution in [0.25, 0.3) is 10.9 Å². The third-order valence-corrected chi connectivity index (χ3v) is 3.44.